The van der Waals surface area contributed by atoms with Gasteiger partial charge in [0.1, 0.15) is 0 Å². The molecule has 0 fully saturated rings. The van der Waals surface area contributed by atoms with E-state index in [-0.39, 0.29) is 0 Å². The summed E-state index contributed by atoms with van der Waals surface area (Å²) in [6.45, 7) is 6.36. The van der Waals surface area contributed by atoms with E-state index < -0.39 is 0 Å². The van der Waals surface area contributed by atoms with Gasteiger partial charge in [0, 0.05) is 12.7 Å². The van der Waals surface area contributed by atoms with Gasteiger partial charge in [-0.1, -0.05) is 49.4 Å². The van der Waals surface area contributed by atoms with E-state index in [4.69, 9.17) is 0 Å². The molecule has 1 aromatic rings. The van der Waals surface area contributed by atoms with E-state index >= 15 is 0 Å². The van der Waals surface area contributed by atoms with E-state index in [0.29, 0.717) is 0 Å². The highest BCUT2D eigenvalue weighted by atomic mass is 14.8. The average molecular weight is 241 g/mol. The van der Waals surface area contributed by atoms with Crippen LogP contribution in [0.5, 0.6) is 0 Å². The topological polar surface area (TPSA) is 12.0 Å². The summed E-state index contributed by atoms with van der Waals surface area (Å²) in [5, 5.41) is 3.16. The van der Waals surface area contributed by atoms with E-state index in [2.05, 4.69) is 67.7 Å². The molecule has 18 heavy (non-hydrogen) atoms. The van der Waals surface area contributed by atoms with E-state index in [0.717, 1.165) is 12.1 Å². The quantitative estimate of drug-likeness (QED) is 0.750. The van der Waals surface area contributed by atoms with E-state index in [1.807, 2.05) is 14.0 Å². The van der Waals surface area contributed by atoms with Gasteiger partial charge in [-0.05, 0) is 43.0 Å². The number of nitrogens with one attached hydrogen (secondary N) is 1. The summed E-state index contributed by atoms with van der Waals surface area (Å²) in [7, 11) is 1.94. The Balaban J connectivity index is 3.06. The summed E-state index contributed by atoms with van der Waals surface area (Å²) in [5.74, 6) is 0. The minimum absolute atomic E-state index is 1.04. The second kappa shape index (κ2) is 7.54. The van der Waals surface area contributed by atoms with Crippen LogP contribution >= 0.6 is 0 Å². The lowest BCUT2D eigenvalue weighted by molar-refractivity contribution is 1.03. The van der Waals surface area contributed by atoms with Crippen molar-refractivity contribution < 1.29 is 0 Å². The zero-order chi connectivity index (χ0) is 13.4. The summed E-state index contributed by atoms with van der Waals surface area (Å²) in [6.07, 6.45) is 9.67. The van der Waals surface area contributed by atoms with Crippen molar-refractivity contribution in [1.29, 1.82) is 0 Å². The predicted molar refractivity (Wildman–Crippen MR) is 81.4 cm³/mol. The molecule has 1 nitrogen and oxygen atoms in total. The fraction of sp³-hybridized carbons (Fsp3) is 0.294. The minimum atomic E-state index is 1.04. The van der Waals surface area contributed by atoms with Crippen LogP contribution in [-0.2, 0) is 0 Å². The van der Waals surface area contributed by atoms with Crippen molar-refractivity contribution in [3.05, 3.63) is 65.4 Å². The monoisotopic (exact) mass is 241 g/mol. The summed E-state index contributed by atoms with van der Waals surface area (Å²) in [4.78, 5) is 0. The zero-order valence-corrected chi connectivity index (χ0v) is 11.8. The first kappa shape index (κ1) is 14.3. The van der Waals surface area contributed by atoms with Gasteiger partial charge in [0.25, 0.3) is 0 Å². The smallest absolute Gasteiger partial charge is 0.0294 e. The summed E-state index contributed by atoms with van der Waals surface area (Å²) < 4.78 is 0. The van der Waals surface area contributed by atoms with Gasteiger partial charge in [0.15, 0.2) is 0 Å². The number of hydrogen-bond donors (Lipinski definition) is 1. The lowest BCUT2D eigenvalue weighted by Gasteiger charge is -2.07. The average Bonchev–Trinajstić information content (AvgIpc) is 2.39. The largest absolute Gasteiger partial charge is 0.388 e. The third kappa shape index (κ3) is 3.92. The molecular weight excluding hydrogens is 218 g/mol. The first-order valence-corrected chi connectivity index (χ1v) is 6.51. The first-order chi connectivity index (χ1) is 8.72. The fourth-order valence-corrected chi connectivity index (χ4v) is 1.89. The molecule has 0 saturated heterocycles. The van der Waals surface area contributed by atoms with Crippen LogP contribution < -0.4 is 5.32 Å². The van der Waals surface area contributed by atoms with Crippen LogP contribution in [0.1, 0.15) is 31.4 Å². The maximum absolute atomic E-state index is 3.16. The van der Waals surface area contributed by atoms with Crippen molar-refractivity contribution in [1.82, 2.24) is 5.32 Å². The SMILES string of the molecule is C\C=C(/C=C\C(=C\CC)c1ccccc1C)NC. The summed E-state index contributed by atoms with van der Waals surface area (Å²) in [5.41, 5.74) is 5.03. The molecule has 0 aliphatic heterocycles. The predicted octanol–water partition coefficient (Wildman–Crippen LogP) is 4.47. The van der Waals surface area contributed by atoms with Crippen LogP contribution in [0.4, 0.5) is 0 Å². The van der Waals surface area contributed by atoms with Gasteiger partial charge < -0.3 is 5.32 Å². The maximum atomic E-state index is 3.16. The first-order valence-electron chi connectivity index (χ1n) is 6.51. The Morgan fingerprint density at radius 3 is 2.50 bits per heavy atom. The standard InChI is InChI=1S/C17H23N/c1-5-9-15(12-13-16(6-2)18-4)17-11-8-7-10-14(17)3/h6-13,18H,5H2,1-4H3/b13-12-,15-9-,16-6+. The molecule has 0 radical (unpaired) electrons. The molecule has 1 heteroatoms. The normalized spacial score (nSPS) is 13.1. The van der Waals surface area contributed by atoms with Gasteiger partial charge in [0.05, 0.1) is 0 Å². The van der Waals surface area contributed by atoms with Crippen LogP contribution in [0.3, 0.4) is 0 Å². The molecule has 1 rings (SSSR count). The zero-order valence-electron chi connectivity index (χ0n) is 11.8. The van der Waals surface area contributed by atoms with Gasteiger partial charge in [-0.3, -0.25) is 0 Å². The van der Waals surface area contributed by atoms with Crippen molar-refractivity contribution in [2.75, 3.05) is 7.05 Å². The van der Waals surface area contributed by atoms with Crippen LogP contribution in [0.2, 0.25) is 0 Å². The molecule has 0 aliphatic carbocycles. The fourth-order valence-electron chi connectivity index (χ4n) is 1.89. The molecule has 1 N–H and O–H groups in total. The van der Waals surface area contributed by atoms with E-state index in [1.165, 1.54) is 16.7 Å². The number of allylic oxidation sites excluding steroid dienone is 5. The van der Waals surface area contributed by atoms with Crippen molar-refractivity contribution in [3.63, 3.8) is 0 Å². The molecule has 0 bridgehead atoms. The molecule has 0 saturated carbocycles. The molecule has 1 aromatic carbocycles. The van der Waals surface area contributed by atoms with Gasteiger partial charge >= 0.3 is 0 Å². The number of aryl methyl sites for hydroxylation is 1. The second-order valence-corrected chi connectivity index (χ2v) is 4.21. The van der Waals surface area contributed by atoms with Crippen LogP contribution in [0.25, 0.3) is 5.57 Å². The Hall–Kier alpha value is -1.76. The van der Waals surface area contributed by atoms with Gasteiger partial charge in [-0.25, -0.2) is 0 Å². The Kier molecular flexibility index (Phi) is 5.99. The number of hydrogen-bond acceptors (Lipinski definition) is 1. The number of benzene rings is 1. The van der Waals surface area contributed by atoms with Crippen molar-refractivity contribution in [3.8, 4) is 0 Å². The summed E-state index contributed by atoms with van der Waals surface area (Å²) >= 11 is 0. The van der Waals surface area contributed by atoms with Gasteiger partial charge in [0.2, 0.25) is 0 Å². The van der Waals surface area contributed by atoms with Crippen molar-refractivity contribution in [2.45, 2.75) is 27.2 Å². The number of likely N-dealkylation sites (N-methyl/N-ethyl adjacent to an activating group) is 1. The highest BCUT2D eigenvalue weighted by molar-refractivity contribution is 5.76. The van der Waals surface area contributed by atoms with Crippen LogP contribution in [0, 0.1) is 6.92 Å². The number of rotatable bonds is 5. The van der Waals surface area contributed by atoms with E-state index in [9.17, 15) is 0 Å². The molecule has 0 heterocycles. The minimum Gasteiger partial charge on any atom is -0.388 e. The molecule has 0 spiro atoms. The third-order valence-corrected chi connectivity index (χ3v) is 2.92. The molecule has 0 aromatic heterocycles. The molecular formula is C17H23N. The Morgan fingerprint density at radius 1 is 1.22 bits per heavy atom. The van der Waals surface area contributed by atoms with Gasteiger partial charge in [-0.2, -0.15) is 0 Å². The molecule has 96 valence electrons. The Morgan fingerprint density at radius 2 is 1.94 bits per heavy atom. The molecule has 0 aliphatic rings. The molecule has 0 atom stereocenters. The Bertz CT molecular complexity index is 464. The summed E-state index contributed by atoms with van der Waals surface area (Å²) in [6, 6.07) is 8.50. The molecule has 0 amide bonds. The van der Waals surface area contributed by atoms with E-state index in [1.54, 1.807) is 0 Å². The van der Waals surface area contributed by atoms with Crippen molar-refractivity contribution in [2.24, 2.45) is 0 Å². The Labute approximate surface area is 111 Å². The lowest BCUT2D eigenvalue weighted by atomic mass is 9.99. The van der Waals surface area contributed by atoms with Crippen LogP contribution in [0.15, 0.2) is 54.3 Å². The third-order valence-electron chi connectivity index (χ3n) is 2.92. The van der Waals surface area contributed by atoms with Crippen molar-refractivity contribution >= 4 is 5.57 Å². The van der Waals surface area contributed by atoms with Gasteiger partial charge in [-0.15, -0.1) is 0 Å². The highest BCUT2D eigenvalue weighted by Gasteiger charge is 2.00. The lowest BCUT2D eigenvalue weighted by Crippen LogP contribution is -2.02. The highest BCUT2D eigenvalue weighted by Crippen LogP contribution is 2.20. The maximum Gasteiger partial charge on any atom is 0.0294 e. The second-order valence-electron chi connectivity index (χ2n) is 4.21. The molecule has 0 unspecified atom stereocenters. The van der Waals surface area contributed by atoms with Crippen LogP contribution in [-0.4, -0.2) is 7.05 Å².